The number of aromatic nitrogens is 12. The standard InChI is InChI=1S/2C19H19N7.2C19H22N6O/c1-26(12-14-6-3-2-4-7-14)13-17-23-18(21)25-19(24-17)22-16-9-5-8-15(10-16)11-20;1-26(12-15-5-3-2-4-6-15)13-17-23-18(21)25-19(24-17)22-16-9-7-14(11-20)8-10-16;1-25(12-14-8-4-3-5-9-14)13-17-22-18(20)24-19(23-17)21-15-10-6-7-11-16(15)26-2;1-25(12-14-7-4-3-5-8-14)13-17-22-18(20)24-19(23-17)21-15-9-6-10-16(11-15)26-2/h2*2-10H,12-13H2,1H3,(H3,21,22,23,24,25);2*3-11H,12-13H2,1-2H3,(H3,20,21,22,23,24). The van der Waals surface area contributed by atoms with Gasteiger partial charge in [-0.05, 0) is 117 Å². The summed E-state index contributed by atoms with van der Waals surface area (Å²) in [5.41, 5.74) is 32.5. The molecule has 104 heavy (non-hydrogen) atoms. The van der Waals surface area contributed by atoms with Gasteiger partial charge in [0.05, 0.1) is 69.4 Å². The maximum Gasteiger partial charge on any atom is 0.232 e. The number of nitrogens with two attached hydrogens (primary N) is 4. The van der Waals surface area contributed by atoms with Crippen molar-refractivity contribution in [3.8, 4) is 23.6 Å². The molecule has 4 aromatic heterocycles. The van der Waals surface area contributed by atoms with Crippen molar-refractivity contribution in [1.29, 1.82) is 10.5 Å². The maximum atomic E-state index is 8.99. The molecular formula is C76H82N26O2. The molecule has 28 nitrogen and oxygen atoms in total. The van der Waals surface area contributed by atoms with Gasteiger partial charge in [0.2, 0.25) is 47.6 Å². The van der Waals surface area contributed by atoms with Crippen LogP contribution >= 0.6 is 0 Å². The molecular weight excluding hydrogens is 1310 g/mol. The van der Waals surface area contributed by atoms with Crippen LogP contribution < -0.4 is 53.7 Å². The van der Waals surface area contributed by atoms with Gasteiger partial charge in [0.25, 0.3) is 0 Å². The first-order valence-electron chi connectivity index (χ1n) is 32.8. The van der Waals surface area contributed by atoms with Gasteiger partial charge in [-0.1, -0.05) is 146 Å². The molecule has 8 aromatic carbocycles. The van der Waals surface area contributed by atoms with Crippen LogP contribution in [-0.4, -0.2) is 122 Å². The highest BCUT2D eigenvalue weighted by molar-refractivity contribution is 5.63. The van der Waals surface area contributed by atoms with Crippen molar-refractivity contribution in [2.45, 2.75) is 52.4 Å². The number of benzene rings is 8. The second kappa shape index (κ2) is 38.8. The molecule has 0 aliphatic heterocycles. The van der Waals surface area contributed by atoms with E-state index in [1.807, 2.05) is 156 Å². The van der Waals surface area contributed by atoms with E-state index < -0.39 is 0 Å². The molecule has 0 bridgehead atoms. The lowest BCUT2D eigenvalue weighted by Gasteiger charge is -2.16. The number of nitriles is 2. The average Bonchev–Trinajstić information content (AvgIpc) is 0.864. The number of hydrogen-bond acceptors (Lipinski definition) is 28. The normalized spacial score (nSPS) is 10.6. The zero-order valence-electron chi connectivity index (χ0n) is 58.6. The number of nitrogens with zero attached hydrogens (tertiary/aromatic N) is 18. The van der Waals surface area contributed by atoms with Gasteiger partial charge in [0.15, 0.2) is 0 Å². The zero-order valence-corrected chi connectivity index (χ0v) is 58.6. The monoisotopic (exact) mass is 1390 g/mol. The molecule has 0 spiro atoms. The Bertz CT molecular complexity index is 4730. The van der Waals surface area contributed by atoms with Crippen molar-refractivity contribution in [2.75, 3.05) is 86.6 Å². The Morgan fingerprint density at radius 3 is 1.02 bits per heavy atom. The van der Waals surface area contributed by atoms with Crippen LogP contribution in [0.25, 0.3) is 0 Å². The number of ether oxygens (including phenoxy) is 2. The van der Waals surface area contributed by atoms with E-state index in [0.29, 0.717) is 90.1 Å². The number of nitrogens with one attached hydrogen (secondary N) is 4. The highest BCUT2D eigenvalue weighted by Gasteiger charge is 2.15. The molecule has 12 N–H and O–H groups in total. The van der Waals surface area contributed by atoms with Crippen molar-refractivity contribution in [1.82, 2.24) is 79.4 Å². The summed E-state index contributed by atoms with van der Waals surface area (Å²) in [5, 5.41) is 30.3. The predicted molar refractivity (Wildman–Crippen MR) is 405 cm³/mol. The number of nitrogen functional groups attached to an aromatic ring is 4. The number of hydrogen-bond donors (Lipinski definition) is 8. The first-order chi connectivity index (χ1) is 50.5. The van der Waals surface area contributed by atoms with E-state index in [0.717, 1.165) is 54.7 Å². The van der Waals surface area contributed by atoms with Crippen LogP contribution in [0, 0.1) is 22.7 Å². The fourth-order valence-corrected chi connectivity index (χ4v) is 10.3. The van der Waals surface area contributed by atoms with E-state index in [1.165, 1.54) is 22.3 Å². The van der Waals surface area contributed by atoms with Crippen LogP contribution in [0.15, 0.2) is 218 Å². The molecule has 528 valence electrons. The van der Waals surface area contributed by atoms with Gasteiger partial charge in [-0.25, -0.2) is 0 Å². The molecule has 12 rings (SSSR count). The molecule has 0 radical (unpaired) electrons. The Hall–Kier alpha value is -13.4. The Balaban J connectivity index is 0.000000161. The third-order valence-corrected chi connectivity index (χ3v) is 14.8. The summed E-state index contributed by atoms with van der Waals surface area (Å²) in [4.78, 5) is 59.7. The van der Waals surface area contributed by atoms with Gasteiger partial charge in [0.1, 0.15) is 34.8 Å². The van der Waals surface area contributed by atoms with E-state index in [4.69, 9.17) is 42.9 Å². The summed E-state index contributed by atoms with van der Waals surface area (Å²) in [5.74, 6) is 6.07. The van der Waals surface area contributed by atoms with Gasteiger partial charge in [-0.3, -0.25) is 19.6 Å². The summed E-state index contributed by atoms with van der Waals surface area (Å²) < 4.78 is 10.6. The zero-order chi connectivity index (χ0) is 73.4. The molecule has 0 aliphatic rings. The lowest BCUT2D eigenvalue weighted by atomic mass is 10.2. The van der Waals surface area contributed by atoms with Crippen molar-refractivity contribution in [2.24, 2.45) is 0 Å². The maximum absolute atomic E-state index is 8.99. The molecule has 0 fully saturated rings. The van der Waals surface area contributed by atoms with Gasteiger partial charge < -0.3 is 53.7 Å². The smallest absolute Gasteiger partial charge is 0.232 e. The summed E-state index contributed by atoms with van der Waals surface area (Å²) >= 11 is 0. The Labute approximate surface area is 604 Å². The minimum absolute atomic E-state index is 0.155. The largest absolute Gasteiger partial charge is 0.497 e. The molecule has 0 amide bonds. The second-order valence-corrected chi connectivity index (χ2v) is 23.7. The van der Waals surface area contributed by atoms with Crippen molar-refractivity contribution in [3.63, 3.8) is 0 Å². The molecule has 0 unspecified atom stereocenters. The lowest BCUT2D eigenvalue weighted by Crippen LogP contribution is -2.20. The highest BCUT2D eigenvalue weighted by atomic mass is 16.5. The first kappa shape index (κ1) is 74.8. The Morgan fingerprint density at radius 2 is 0.654 bits per heavy atom. The molecule has 28 heteroatoms. The minimum atomic E-state index is 0.155. The fraction of sp³-hybridized carbons (Fsp3) is 0.184. The quantitative estimate of drug-likeness (QED) is 0.0250. The van der Waals surface area contributed by atoms with Crippen LogP contribution in [0.4, 0.5) is 70.3 Å². The molecule has 12 aromatic rings. The van der Waals surface area contributed by atoms with E-state index in [-0.39, 0.29) is 23.8 Å². The molecule has 0 saturated carbocycles. The van der Waals surface area contributed by atoms with E-state index in [9.17, 15) is 0 Å². The van der Waals surface area contributed by atoms with E-state index >= 15 is 0 Å². The van der Waals surface area contributed by atoms with Crippen molar-refractivity contribution < 1.29 is 9.47 Å². The first-order valence-corrected chi connectivity index (χ1v) is 32.8. The van der Waals surface area contributed by atoms with Crippen molar-refractivity contribution >= 4 is 70.3 Å². The summed E-state index contributed by atoms with van der Waals surface area (Å²) in [7, 11) is 11.3. The topological polar surface area (TPSA) is 386 Å². The minimum Gasteiger partial charge on any atom is -0.497 e. The highest BCUT2D eigenvalue weighted by Crippen LogP contribution is 2.27. The van der Waals surface area contributed by atoms with Crippen LogP contribution in [0.2, 0.25) is 0 Å². The van der Waals surface area contributed by atoms with Gasteiger partial charge >= 0.3 is 0 Å². The Morgan fingerprint density at radius 1 is 0.317 bits per heavy atom. The van der Waals surface area contributed by atoms with Crippen LogP contribution in [0.5, 0.6) is 11.5 Å². The molecule has 0 saturated heterocycles. The van der Waals surface area contributed by atoms with E-state index in [1.54, 1.807) is 56.7 Å². The van der Waals surface area contributed by atoms with Gasteiger partial charge in [-0.2, -0.15) is 70.3 Å². The number of rotatable bonds is 26. The van der Waals surface area contributed by atoms with Crippen LogP contribution in [-0.2, 0) is 52.4 Å². The van der Waals surface area contributed by atoms with Gasteiger partial charge in [0, 0.05) is 49.3 Å². The van der Waals surface area contributed by atoms with Crippen molar-refractivity contribution in [3.05, 3.63) is 275 Å². The predicted octanol–water partition coefficient (Wildman–Crippen LogP) is 11.1. The summed E-state index contributed by atoms with van der Waals surface area (Å²) in [6, 6.07) is 74.2. The SMILES string of the molecule is CN(Cc1ccccc1)Cc1nc(N)nc(Nc2ccc(C#N)cc2)n1.CN(Cc1ccccc1)Cc1nc(N)nc(Nc2cccc(C#N)c2)n1.COc1cccc(Nc2nc(N)nc(CN(C)Cc3ccccc3)n2)c1.COc1ccccc1Nc1nc(N)nc(CN(C)Cc2ccccc2)n1. The third kappa shape index (κ3) is 25.4. The summed E-state index contributed by atoms with van der Waals surface area (Å²) in [6.45, 7) is 5.35. The van der Waals surface area contributed by atoms with E-state index in [2.05, 4.69) is 161 Å². The van der Waals surface area contributed by atoms with Crippen LogP contribution in [0.1, 0.15) is 56.7 Å². The average molecular weight is 1390 g/mol. The second-order valence-electron chi connectivity index (χ2n) is 23.7. The molecule has 0 aliphatic carbocycles. The summed E-state index contributed by atoms with van der Waals surface area (Å²) in [6.07, 6.45) is 0. The lowest BCUT2D eigenvalue weighted by molar-refractivity contribution is 0.310. The van der Waals surface area contributed by atoms with Crippen LogP contribution in [0.3, 0.4) is 0 Å². The third-order valence-electron chi connectivity index (χ3n) is 14.8. The molecule has 4 heterocycles. The molecule has 0 atom stereocenters. The number of anilines is 12. The fourth-order valence-electron chi connectivity index (χ4n) is 10.3. The van der Waals surface area contributed by atoms with Gasteiger partial charge in [-0.15, -0.1) is 0 Å². The number of methoxy groups -OCH3 is 2. The number of para-hydroxylation sites is 2. The Kier molecular flexibility index (Phi) is 27.9.